The molecule has 27 heavy (non-hydrogen) atoms. The summed E-state index contributed by atoms with van der Waals surface area (Å²) in [6.07, 6.45) is 1.81. The third-order valence-electron chi connectivity index (χ3n) is 3.65. The summed E-state index contributed by atoms with van der Waals surface area (Å²) in [5.41, 5.74) is 0.598. The lowest BCUT2D eigenvalue weighted by Gasteiger charge is -2.14. The Kier molecular flexibility index (Phi) is 7.32. The molecule has 0 atom stereocenters. The zero-order valence-electron chi connectivity index (χ0n) is 15.1. The van der Waals surface area contributed by atoms with E-state index in [4.69, 9.17) is 16.3 Å². The number of hydrogen-bond donors (Lipinski definition) is 3. The van der Waals surface area contributed by atoms with Gasteiger partial charge in [0, 0.05) is 12.2 Å². The van der Waals surface area contributed by atoms with Gasteiger partial charge in [0.2, 0.25) is 0 Å². The molecule has 0 aliphatic rings. The van der Waals surface area contributed by atoms with E-state index in [-0.39, 0.29) is 15.6 Å². The Labute approximate surface area is 164 Å². The second-order valence-electron chi connectivity index (χ2n) is 5.69. The number of ether oxygens (including phenoxy) is 1. The molecule has 2 rings (SSSR count). The first-order valence-electron chi connectivity index (χ1n) is 8.37. The molecule has 0 spiro atoms. The predicted molar refractivity (Wildman–Crippen MR) is 107 cm³/mol. The molecule has 7 nitrogen and oxygen atoms in total. The number of urea groups is 1. The van der Waals surface area contributed by atoms with Crippen molar-refractivity contribution in [2.24, 2.45) is 0 Å². The maximum absolute atomic E-state index is 12.8. The fourth-order valence-corrected chi connectivity index (χ4v) is 3.87. The van der Waals surface area contributed by atoms with Crippen molar-refractivity contribution in [3.05, 3.63) is 47.5 Å². The maximum atomic E-state index is 12.8. The first kappa shape index (κ1) is 20.9. The first-order valence-corrected chi connectivity index (χ1v) is 10.2. The Morgan fingerprint density at radius 3 is 2.63 bits per heavy atom. The van der Waals surface area contributed by atoms with Gasteiger partial charge in [0.25, 0.3) is 10.0 Å². The van der Waals surface area contributed by atoms with Crippen LogP contribution < -0.4 is 20.1 Å². The highest BCUT2D eigenvalue weighted by atomic mass is 35.5. The number of anilines is 2. The van der Waals surface area contributed by atoms with Crippen LogP contribution in [-0.4, -0.2) is 28.1 Å². The molecule has 3 N–H and O–H groups in total. The fourth-order valence-electron chi connectivity index (χ4n) is 2.27. The molecule has 2 aromatic rings. The van der Waals surface area contributed by atoms with Gasteiger partial charge in [-0.15, -0.1) is 0 Å². The number of amides is 2. The predicted octanol–water partition coefficient (Wildman–Crippen LogP) is 4.07. The molecule has 2 amide bonds. The zero-order chi connectivity index (χ0) is 19.9. The number of rotatable bonds is 8. The van der Waals surface area contributed by atoms with E-state index < -0.39 is 16.1 Å². The molecule has 0 bridgehead atoms. The Morgan fingerprint density at radius 2 is 1.93 bits per heavy atom. The van der Waals surface area contributed by atoms with E-state index >= 15 is 0 Å². The maximum Gasteiger partial charge on any atom is 0.319 e. The van der Waals surface area contributed by atoms with Gasteiger partial charge in [-0.1, -0.05) is 37.1 Å². The van der Waals surface area contributed by atoms with Crippen molar-refractivity contribution in [2.45, 2.75) is 24.7 Å². The van der Waals surface area contributed by atoms with E-state index in [2.05, 4.69) is 15.4 Å². The van der Waals surface area contributed by atoms with E-state index in [9.17, 15) is 13.2 Å². The van der Waals surface area contributed by atoms with Crippen LogP contribution in [0.15, 0.2) is 47.4 Å². The summed E-state index contributed by atoms with van der Waals surface area (Å²) in [5.74, 6) is 0.377. The van der Waals surface area contributed by atoms with Crippen molar-refractivity contribution in [1.82, 2.24) is 5.32 Å². The van der Waals surface area contributed by atoms with Gasteiger partial charge >= 0.3 is 6.03 Å². The van der Waals surface area contributed by atoms with Crippen LogP contribution >= 0.6 is 11.6 Å². The lowest BCUT2D eigenvalue weighted by atomic mass is 10.3. The highest BCUT2D eigenvalue weighted by Gasteiger charge is 2.20. The lowest BCUT2D eigenvalue weighted by Crippen LogP contribution is -2.29. The topological polar surface area (TPSA) is 96.5 Å². The van der Waals surface area contributed by atoms with Crippen LogP contribution in [0.2, 0.25) is 5.02 Å². The van der Waals surface area contributed by atoms with Crippen molar-refractivity contribution in [3.63, 3.8) is 0 Å². The largest absolute Gasteiger partial charge is 0.495 e. The number of methoxy groups -OCH3 is 1. The molecule has 0 aliphatic carbocycles. The number of benzene rings is 2. The number of nitrogens with one attached hydrogen (secondary N) is 3. The van der Waals surface area contributed by atoms with Gasteiger partial charge in [-0.3, -0.25) is 4.72 Å². The number of halogens is 1. The van der Waals surface area contributed by atoms with Gasteiger partial charge in [0.15, 0.2) is 0 Å². The summed E-state index contributed by atoms with van der Waals surface area (Å²) in [5, 5.41) is 5.33. The Bertz CT molecular complexity index is 903. The number of carbonyl (C=O) groups is 1. The van der Waals surface area contributed by atoms with Crippen molar-refractivity contribution in [1.29, 1.82) is 0 Å². The van der Waals surface area contributed by atoms with Crippen LogP contribution in [0.25, 0.3) is 0 Å². The summed E-state index contributed by atoms with van der Waals surface area (Å²) >= 11 is 6.08. The quantitative estimate of drug-likeness (QED) is 0.570. The minimum Gasteiger partial charge on any atom is -0.495 e. The molecule has 0 radical (unpaired) electrons. The van der Waals surface area contributed by atoms with E-state index in [1.807, 2.05) is 6.92 Å². The van der Waals surface area contributed by atoms with Crippen molar-refractivity contribution in [2.75, 3.05) is 23.7 Å². The summed E-state index contributed by atoms with van der Waals surface area (Å²) in [4.78, 5) is 11.7. The second kappa shape index (κ2) is 9.48. The van der Waals surface area contributed by atoms with Gasteiger partial charge < -0.3 is 15.4 Å². The van der Waals surface area contributed by atoms with Crippen LogP contribution in [-0.2, 0) is 10.0 Å². The molecule has 146 valence electrons. The average Bonchev–Trinajstić information content (AvgIpc) is 2.63. The molecule has 0 saturated heterocycles. The minimum absolute atomic E-state index is 0.0364. The second-order valence-corrected chi connectivity index (χ2v) is 7.74. The molecule has 9 heteroatoms. The summed E-state index contributed by atoms with van der Waals surface area (Å²) < 4.78 is 33.1. The van der Waals surface area contributed by atoms with Crippen LogP contribution in [0.1, 0.15) is 19.8 Å². The molecule has 0 heterocycles. The van der Waals surface area contributed by atoms with Crippen molar-refractivity contribution < 1.29 is 17.9 Å². The Morgan fingerprint density at radius 1 is 1.19 bits per heavy atom. The molecule has 0 fully saturated rings. The Hall–Kier alpha value is -2.45. The molecule has 2 aromatic carbocycles. The fraction of sp³-hybridized carbons (Fsp3) is 0.278. The normalized spacial score (nSPS) is 10.9. The zero-order valence-corrected chi connectivity index (χ0v) is 16.7. The van der Waals surface area contributed by atoms with E-state index in [0.29, 0.717) is 18.0 Å². The third-order valence-corrected chi connectivity index (χ3v) is 5.49. The number of carbonyl (C=O) groups excluding carboxylic acids is 1. The van der Waals surface area contributed by atoms with Crippen molar-refractivity contribution in [3.8, 4) is 5.75 Å². The van der Waals surface area contributed by atoms with Crippen molar-refractivity contribution >= 4 is 39.0 Å². The van der Waals surface area contributed by atoms with Crippen LogP contribution in [0, 0.1) is 0 Å². The van der Waals surface area contributed by atoms with Gasteiger partial charge in [-0.25, -0.2) is 13.2 Å². The van der Waals surface area contributed by atoms with Gasteiger partial charge in [0.05, 0.1) is 17.8 Å². The summed E-state index contributed by atoms with van der Waals surface area (Å²) in [7, 11) is -2.54. The number of hydrogen-bond acceptors (Lipinski definition) is 4. The molecular formula is C18H22ClN3O4S. The number of unbranched alkanes of at least 4 members (excludes halogenated alkanes) is 1. The number of sulfonamides is 1. The smallest absolute Gasteiger partial charge is 0.319 e. The Balaban J connectivity index is 2.22. The lowest BCUT2D eigenvalue weighted by molar-refractivity contribution is 0.252. The van der Waals surface area contributed by atoms with Gasteiger partial charge in [-0.05, 0) is 36.8 Å². The highest BCUT2D eigenvalue weighted by molar-refractivity contribution is 7.92. The monoisotopic (exact) mass is 411 g/mol. The molecule has 0 unspecified atom stereocenters. The average molecular weight is 412 g/mol. The minimum atomic E-state index is -3.99. The first-order chi connectivity index (χ1) is 12.9. The van der Waals surface area contributed by atoms with Crippen LogP contribution in [0.3, 0.4) is 0 Å². The summed E-state index contributed by atoms with van der Waals surface area (Å²) in [6.45, 7) is 2.56. The van der Waals surface area contributed by atoms with Crippen LogP contribution in [0.5, 0.6) is 5.75 Å². The van der Waals surface area contributed by atoms with E-state index in [1.165, 1.54) is 25.3 Å². The molecule has 0 aromatic heterocycles. The third kappa shape index (κ3) is 5.77. The molecular weight excluding hydrogens is 390 g/mol. The summed E-state index contributed by atoms with van der Waals surface area (Å²) in [6, 6.07) is 10.5. The van der Waals surface area contributed by atoms with E-state index in [0.717, 1.165) is 12.8 Å². The molecule has 0 aliphatic heterocycles. The number of para-hydroxylation sites is 2. The standard InChI is InChI=1S/C18H22ClN3O4S/c1-3-4-11-20-18(23)21-13-9-10-14(19)17(12-13)27(24,25)22-15-7-5-6-8-16(15)26-2/h5-10,12,22H,3-4,11H2,1-2H3,(H2,20,21,23). The van der Waals surface area contributed by atoms with Crippen LogP contribution in [0.4, 0.5) is 16.2 Å². The van der Waals surface area contributed by atoms with E-state index in [1.54, 1.807) is 24.3 Å². The highest BCUT2D eigenvalue weighted by Crippen LogP contribution is 2.30. The van der Waals surface area contributed by atoms with Gasteiger partial charge in [0.1, 0.15) is 10.6 Å². The molecule has 0 saturated carbocycles. The SMILES string of the molecule is CCCCNC(=O)Nc1ccc(Cl)c(S(=O)(=O)Nc2ccccc2OC)c1. The van der Waals surface area contributed by atoms with Gasteiger partial charge in [-0.2, -0.15) is 0 Å².